The lowest BCUT2D eigenvalue weighted by molar-refractivity contribution is 0.231. The zero-order valence-electron chi connectivity index (χ0n) is 15.8. The average molecular weight is 394 g/mol. The lowest BCUT2D eigenvalue weighted by Gasteiger charge is -2.37. The van der Waals surface area contributed by atoms with Gasteiger partial charge >= 0.3 is 0 Å². The van der Waals surface area contributed by atoms with Crippen LogP contribution in [0.2, 0.25) is 0 Å². The van der Waals surface area contributed by atoms with Crippen LogP contribution >= 0.6 is 24.8 Å². The molecular formula is C21H29Cl2N3. The third kappa shape index (κ3) is 4.00. The van der Waals surface area contributed by atoms with E-state index in [-0.39, 0.29) is 24.8 Å². The Hall–Kier alpha value is -1.29. The molecule has 1 fully saturated rings. The second-order valence-electron chi connectivity index (χ2n) is 7.54. The molecule has 2 aromatic rings. The molecule has 3 heterocycles. The molecule has 0 bridgehead atoms. The topological polar surface area (TPSA) is 19.4 Å². The van der Waals surface area contributed by atoms with Crippen LogP contribution in [0.3, 0.4) is 0 Å². The number of halogens is 2. The Bertz CT molecular complexity index is 733. The molecule has 2 atom stereocenters. The first kappa shape index (κ1) is 21.0. The van der Waals surface area contributed by atoms with Gasteiger partial charge in [0, 0.05) is 42.6 Å². The number of likely N-dealkylation sites (N-methyl/N-ethyl adjacent to an activating group) is 1. The van der Waals surface area contributed by atoms with Crippen molar-refractivity contribution in [2.24, 2.45) is 0 Å². The van der Waals surface area contributed by atoms with E-state index in [4.69, 9.17) is 0 Å². The highest BCUT2D eigenvalue weighted by atomic mass is 35.5. The molecule has 5 heteroatoms. The van der Waals surface area contributed by atoms with Crippen LogP contribution in [0.4, 0.5) is 5.69 Å². The molecule has 2 aliphatic heterocycles. The van der Waals surface area contributed by atoms with E-state index in [0.29, 0.717) is 12.0 Å². The van der Waals surface area contributed by atoms with E-state index in [0.717, 1.165) is 18.7 Å². The SMILES string of the molecule is Cc1ccc2c(c1)C1CN(C)CCC1N2CCc1ccc(C)nc1.Cl.Cl. The van der Waals surface area contributed by atoms with Gasteiger partial charge in [0.05, 0.1) is 0 Å². The zero-order chi connectivity index (χ0) is 16.7. The highest BCUT2D eigenvalue weighted by Crippen LogP contribution is 2.44. The van der Waals surface area contributed by atoms with Crippen LogP contribution in [-0.4, -0.2) is 42.6 Å². The lowest BCUT2D eigenvalue weighted by atomic mass is 9.89. The Morgan fingerprint density at radius 1 is 1.12 bits per heavy atom. The van der Waals surface area contributed by atoms with Crippen LogP contribution in [0.1, 0.15) is 34.7 Å². The summed E-state index contributed by atoms with van der Waals surface area (Å²) >= 11 is 0. The van der Waals surface area contributed by atoms with Gasteiger partial charge in [-0.05, 0) is 63.5 Å². The molecule has 3 nitrogen and oxygen atoms in total. The first-order chi connectivity index (χ1) is 11.6. The minimum Gasteiger partial charge on any atom is -0.367 e. The van der Waals surface area contributed by atoms with Gasteiger partial charge in [-0.3, -0.25) is 4.98 Å². The molecule has 142 valence electrons. The van der Waals surface area contributed by atoms with E-state index in [1.54, 1.807) is 5.56 Å². The van der Waals surface area contributed by atoms with Gasteiger partial charge in [-0.1, -0.05) is 23.8 Å². The fraction of sp³-hybridized carbons (Fsp3) is 0.476. The molecule has 0 N–H and O–H groups in total. The maximum Gasteiger partial charge on any atom is 0.0405 e. The van der Waals surface area contributed by atoms with Gasteiger partial charge in [-0.25, -0.2) is 0 Å². The first-order valence-corrected chi connectivity index (χ1v) is 9.09. The van der Waals surface area contributed by atoms with E-state index in [2.05, 4.69) is 59.1 Å². The van der Waals surface area contributed by atoms with Crippen molar-refractivity contribution in [3.05, 3.63) is 58.9 Å². The first-order valence-electron chi connectivity index (χ1n) is 9.09. The largest absolute Gasteiger partial charge is 0.367 e. The summed E-state index contributed by atoms with van der Waals surface area (Å²) in [7, 11) is 2.26. The highest BCUT2D eigenvalue weighted by molar-refractivity contribution is 5.85. The van der Waals surface area contributed by atoms with Gasteiger partial charge < -0.3 is 9.80 Å². The van der Waals surface area contributed by atoms with Crippen LogP contribution < -0.4 is 4.90 Å². The molecule has 0 aliphatic carbocycles. The molecule has 1 saturated heterocycles. The number of hydrogen-bond acceptors (Lipinski definition) is 3. The summed E-state index contributed by atoms with van der Waals surface area (Å²) in [5.41, 5.74) is 6.84. The normalized spacial score (nSPS) is 21.4. The Balaban J connectivity index is 0.00000121. The van der Waals surface area contributed by atoms with Gasteiger partial charge in [-0.15, -0.1) is 24.8 Å². The molecule has 0 amide bonds. The third-order valence-corrected chi connectivity index (χ3v) is 5.69. The molecular weight excluding hydrogens is 365 g/mol. The van der Waals surface area contributed by atoms with Crippen molar-refractivity contribution < 1.29 is 0 Å². The minimum absolute atomic E-state index is 0. The third-order valence-electron chi connectivity index (χ3n) is 5.69. The second-order valence-corrected chi connectivity index (χ2v) is 7.54. The zero-order valence-corrected chi connectivity index (χ0v) is 17.4. The molecule has 1 aromatic heterocycles. The molecule has 2 aliphatic rings. The van der Waals surface area contributed by atoms with E-state index in [1.807, 2.05) is 13.1 Å². The fourth-order valence-corrected chi connectivity index (χ4v) is 4.37. The number of benzene rings is 1. The molecule has 0 saturated carbocycles. The van der Waals surface area contributed by atoms with Crippen molar-refractivity contribution in [2.75, 3.05) is 31.6 Å². The van der Waals surface area contributed by atoms with Crippen molar-refractivity contribution in [3.8, 4) is 0 Å². The van der Waals surface area contributed by atoms with Crippen LogP contribution in [-0.2, 0) is 6.42 Å². The number of aromatic nitrogens is 1. The van der Waals surface area contributed by atoms with E-state index in [1.165, 1.54) is 36.3 Å². The van der Waals surface area contributed by atoms with Crippen LogP contribution in [0.15, 0.2) is 36.5 Å². The Morgan fingerprint density at radius 2 is 1.92 bits per heavy atom. The van der Waals surface area contributed by atoms with Crippen molar-refractivity contribution in [1.82, 2.24) is 9.88 Å². The Morgan fingerprint density at radius 3 is 2.65 bits per heavy atom. The monoisotopic (exact) mass is 393 g/mol. The summed E-state index contributed by atoms with van der Waals surface area (Å²) in [6.07, 6.45) is 4.37. The maximum atomic E-state index is 4.45. The van der Waals surface area contributed by atoms with E-state index >= 15 is 0 Å². The molecule has 26 heavy (non-hydrogen) atoms. The Kier molecular flexibility index (Phi) is 6.95. The average Bonchev–Trinajstić information content (AvgIpc) is 2.87. The predicted molar refractivity (Wildman–Crippen MR) is 114 cm³/mol. The predicted octanol–water partition coefficient (Wildman–Crippen LogP) is 4.39. The number of likely N-dealkylation sites (tertiary alicyclic amines) is 1. The number of rotatable bonds is 3. The van der Waals surface area contributed by atoms with Crippen molar-refractivity contribution >= 4 is 30.5 Å². The summed E-state index contributed by atoms with van der Waals surface area (Å²) in [6.45, 7) is 7.74. The number of anilines is 1. The molecule has 4 rings (SSSR count). The van der Waals surface area contributed by atoms with Gasteiger partial charge in [0.25, 0.3) is 0 Å². The molecule has 2 unspecified atom stereocenters. The van der Waals surface area contributed by atoms with Crippen LogP contribution in [0, 0.1) is 13.8 Å². The summed E-state index contributed by atoms with van der Waals surface area (Å²) in [6, 6.07) is 12.0. The second kappa shape index (κ2) is 8.60. The lowest BCUT2D eigenvalue weighted by Crippen LogP contribution is -2.45. The number of fused-ring (bicyclic) bond motifs is 3. The smallest absolute Gasteiger partial charge is 0.0405 e. The minimum atomic E-state index is 0. The summed E-state index contributed by atoms with van der Waals surface area (Å²) < 4.78 is 0. The standard InChI is InChI=1S/C21H27N3.2ClH/c1-15-4-7-20-18(12-15)19-14-23(3)10-9-21(19)24(20)11-8-17-6-5-16(2)22-13-17;;/h4-7,12-13,19,21H,8-11,14H2,1-3H3;2*1H. The number of hydrogen-bond donors (Lipinski definition) is 0. The van der Waals surface area contributed by atoms with E-state index < -0.39 is 0 Å². The summed E-state index contributed by atoms with van der Waals surface area (Å²) in [5.74, 6) is 0.662. The van der Waals surface area contributed by atoms with Crippen LogP contribution in [0.25, 0.3) is 0 Å². The quantitative estimate of drug-likeness (QED) is 0.770. The van der Waals surface area contributed by atoms with Gasteiger partial charge in [-0.2, -0.15) is 0 Å². The highest BCUT2D eigenvalue weighted by Gasteiger charge is 2.40. The number of pyridine rings is 1. The van der Waals surface area contributed by atoms with Gasteiger partial charge in [0.15, 0.2) is 0 Å². The van der Waals surface area contributed by atoms with Crippen LogP contribution in [0.5, 0.6) is 0 Å². The number of aryl methyl sites for hydroxylation is 2. The molecule has 1 aromatic carbocycles. The van der Waals surface area contributed by atoms with Gasteiger partial charge in [0.1, 0.15) is 0 Å². The van der Waals surface area contributed by atoms with Crippen molar-refractivity contribution in [1.29, 1.82) is 0 Å². The summed E-state index contributed by atoms with van der Waals surface area (Å²) in [4.78, 5) is 9.61. The summed E-state index contributed by atoms with van der Waals surface area (Å²) in [5, 5.41) is 0. The van der Waals surface area contributed by atoms with Crippen molar-refractivity contribution in [3.63, 3.8) is 0 Å². The molecule has 0 radical (unpaired) electrons. The number of piperidine rings is 1. The number of nitrogens with zero attached hydrogens (tertiary/aromatic N) is 3. The fourth-order valence-electron chi connectivity index (χ4n) is 4.37. The van der Waals surface area contributed by atoms with Gasteiger partial charge in [0.2, 0.25) is 0 Å². The van der Waals surface area contributed by atoms with Crippen molar-refractivity contribution in [2.45, 2.75) is 38.6 Å². The van der Waals surface area contributed by atoms with E-state index in [9.17, 15) is 0 Å². The molecule has 0 spiro atoms. The Labute approximate surface area is 169 Å². The maximum absolute atomic E-state index is 4.45.